The Morgan fingerprint density at radius 1 is 1.20 bits per heavy atom. The van der Waals surface area contributed by atoms with Crippen molar-refractivity contribution in [2.24, 2.45) is 5.73 Å². The molecule has 2 amide bonds. The number of aromatic nitrogens is 3. The molecule has 0 saturated carbocycles. The molecule has 3 heterocycles. The Bertz CT molecular complexity index is 1450. The highest BCUT2D eigenvalue weighted by Crippen LogP contribution is 2.43. The number of pyridine rings is 1. The summed E-state index contributed by atoms with van der Waals surface area (Å²) in [5.74, 6) is -1.33. The number of thiophene rings is 1. The summed E-state index contributed by atoms with van der Waals surface area (Å²) in [6.07, 6.45) is -4.69. The predicted molar refractivity (Wildman–Crippen MR) is 131 cm³/mol. The third-order valence-electron chi connectivity index (χ3n) is 5.37. The maximum atomic E-state index is 13.6. The number of fused-ring (bicyclic) bond motifs is 1. The summed E-state index contributed by atoms with van der Waals surface area (Å²) in [6, 6.07) is 9.29. The molecule has 0 aliphatic rings. The fraction of sp³-hybridized carbons (Fsp3) is 0.217. The second-order valence-electron chi connectivity index (χ2n) is 7.78. The van der Waals surface area contributed by atoms with Crippen molar-refractivity contribution in [3.63, 3.8) is 0 Å². The molecule has 0 saturated heterocycles. The van der Waals surface area contributed by atoms with Crippen molar-refractivity contribution >= 4 is 55.0 Å². The van der Waals surface area contributed by atoms with Gasteiger partial charge in [-0.3, -0.25) is 14.3 Å². The van der Waals surface area contributed by atoms with Gasteiger partial charge in [0.1, 0.15) is 15.4 Å². The van der Waals surface area contributed by atoms with Crippen LogP contribution in [0.25, 0.3) is 21.3 Å². The van der Waals surface area contributed by atoms with Crippen LogP contribution in [-0.2, 0) is 17.5 Å². The summed E-state index contributed by atoms with van der Waals surface area (Å²) >= 11 is 4.15. The SMILES string of the molecule is Cc1nn(CCC(=O)Nc2c(C(N)=O)sc3nc(C(F)(F)F)cc(-c4ccccc4)c23)c(C)c1Br. The van der Waals surface area contributed by atoms with Crippen molar-refractivity contribution in [1.29, 1.82) is 0 Å². The molecular formula is C23H19BrF3N5O2S. The minimum Gasteiger partial charge on any atom is -0.365 e. The Balaban J connectivity index is 1.79. The largest absolute Gasteiger partial charge is 0.433 e. The van der Waals surface area contributed by atoms with Crippen LogP contribution in [0.5, 0.6) is 0 Å². The van der Waals surface area contributed by atoms with Gasteiger partial charge in [0, 0.05) is 17.5 Å². The molecular weight excluding hydrogens is 547 g/mol. The van der Waals surface area contributed by atoms with Gasteiger partial charge in [0.05, 0.1) is 22.4 Å². The standard InChI is InChI=1S/C23H19BrF3N5O2S/c1-11-18(24)12(2)32(31-11)9-8-16(33)30-19-17-14(13-6-4-3-5-7-13)10-15(23(25,26)27)29-22(17)35-20(19)21(28)34/h3-7,10H,8-9H2,1-2H3,(H2,28,34)(H,30,33). The summed E-state index contributed by atoms with van der Waals surface area (Å²) in [7, 11) is 0. The summed E-state index contributed by atoms with van der Waals surface area (Å²) < 4.78 is 43.3. The minimum absolute atomic E-state index is 0.0126. The van der Waals surface area contributed by atoms with Crippen LogP contribution < -0.4 is 11.1 Å². The van der Waals surface area contributed by atoms with E-state index in [1.54, 1.807) is 35.0 Å². The summed E-state index contributed by atoms with van der Waals surface area (Å²) in [6.45, 7) is 3.95. The van der Waals surface area contributed by atoms with Crippen LogP contribution in [-0.4, -0.2) is 26.6 Å². The van der Waals surface area contributed by atoms with E-state index in [9.17, 15) is 22.8 Å². The molecule has 3 N–H and O–H groups in total. The number of halogens is 4. The van der Waals surface area contributed by atoms with Gasteiger partial charge in [-0.2, -0.15) is 18.3 Å². The lowest BCUT2D eigenvalue weighted by Gasteiger charge is -2.12. The van der Waals surface area contributed by atoms with E-state index in [1.807, 2.05) is 13.8 Å². The van der Waals surface area contributed by atoms with Crippen LogP contribution in [0.3, 0.4) is 0 Å². The molecule has 0 fully saturated rings. The summed E-state index contributed by atoms with van der Waals surface area (Å²) in [5.41, 5.74) is 6.76. The van der Waals surface area contributed by atoms with Gasteiger partial charge in [0.25, 0.3) is 5.91 Å². The van der Waals surface area contributed by atoms with E-state index in [-0.39, 0.29) is 39.3 Å². The number of benzene rings is 1. The topological polar surface area (TPSA) is 103 Å². The van der Waals surface area contributed by atoms with Crippen LogP contribution in [0.2, 0.25) is 0 Å². The van der Waals surface area contributed by atoms with Gasteiger partial charge in [-0.15, -0.1) is 11.3 Å². The Morgan fingerprint density at radius 3 is 2.46 bits per heavy atom. The Kier molecular flexibility index (Phi) is 6.69. The molecule has 1 aromatic carbocycles. The number of amides is 2. The lowest BCUT2D eigenvalue weighted by Crippen LogP contribution is -2.18. The van der Waals surface area contributed by atoms with Crippen molar-refractivity contribution in [3.8, 4) is 11.1 Å². The molecule has 0 atom stereocenters. The monoisotopic (exact) mass is 565 g/mol. The second kappa shape index (κ2) is 9.42. The van der Waals surface area contributed by atoms with E-state index < -0.39 is 23.7 Å². The summed E-state index contributed by atoms with van der Waals surface area (Å²) in [4.78, 5) is 28.7. The highest BCUT2D eigenvalue weighted by atomic mass is 79.9. The number of carbonyl (C=O) groups excluding carboxylic acids is 2. The third-order valence-corrected chi connectivity index (χ3v) is 7.62. The van der Waals surface area contributed by atoms with E-state index >= 15 is 0 Å². The van der Waals surface area contributed by atoms with Crippen molar-refractivity contribution in [1.82, 2.24) is 14.8 Å². The maximum Gasteiger partial charge on any atom is 0.433 e. The zero-order chi connectivity index (χ0) is 25.5. The van der Waals surface area contributed by atoms with Crippen molar-refractivity contribution < 1.29 is 22.8 Å². The molecule has 12 heteroatoms. The number of carbonyl (C=O) groups is 2. The van der Waals surface area contributed by atoms with Gasteiger partial charge in [-0.05, 0) is 47.0 Å². The number of hydrogen-bond acceptors (Lipinski definition) is 5. The lowest BCUT2D eigenvalue weighted by molar-refractivity contribution is -0.140. The first kappa shape index (κ1) is 24.9. The molecule has 0 unspecified atom stereocenters. The quantitative estimate of drug-likeness (QED) is 0.313. The maximum absolute atomic E-state index is 13.6. The third kappa shape index (κ3) is 4.94. The highest BCUT2D eigenvalue weighted by molar-refractivity contribution is 9.10. The van der Waals surface area contributed by atoms with E-state index in [2.05, 4.69) is 31.3 Å². The molecule has 4 aromatic rings. The number of anilines is 1. The molecule has 35 heavy (non-hydrogen) atoms. The van der Waals surface area contributed by atoms with Gasteiger partial charge in [-0.1, -0.05) is 30.3 Å². The number of primary amides is 1. The molecule has 0 spiro atoms. The number of nitrogens with one attached hydrogen (secondary N) is 1. The van der Waals surface area contributed by atoms with E-state index in [0.717, 1.165) is 21.9 Å². The highest BCUT2D eigenvalue weighted by Gasteiger charge is 2.35. The molecule has 0 aliphatic carbocycles. The van der Waals surface area contributed by atoms with Crippen LogP contribution in [0.4, 0.5) is 18.9 Å². The first-order chi connectivity index (χ1) is 16.5. The molecule has 3 aromatic heterocycles. The van der Waals surface area contributed by atoms with E-state index in [0.29, 0.717) is 16.9 Å². The van der Waals surface area contributed by atoms with Crippen LogP contribution in [0.15, 0.2) is 40.9 Å². The predicted octanol–water partition coefficient (Wildman–Crippen LogP) is 5.69. The number of rotatable bonds is 6. The molecule has 0 aliphatic heterocycles. The number of nitrogens with zero attached hydrogens (tertiary/aromatic N) is 3. The van der Waals surface area contributed by atoms with Crippen molar-refractivity contribution in [2.45, 2.75) is 33.0 Å². The number of alkyl halides is 3. The second-order valence-corrected chi connectivity index (χ2v) is 9.57. The van der Waals surface area contributed by atoms with Crippen molar-refractivity contribution in [2.75, 3.05) is 5.32 Å². The molecule has 4 rings (SSSR count). The van der Waals surface area contributed by atoms with Crippen LogP contribution >= 0.6 is 27.3 Å². The van der Waals surface area contributed by atoms with Gasteiger partial charge < -0.3 is 11.1 Å². The fourth-order valence-corrected chi connectivity index (χ4v) is 4.98. The van der Waals surface area contributed by atoms with E-state index in [4.69, 9.17) is 5.73 Å². The van der Waals surface area contributed by atoms with Gasteiger partial charge in [-0.25, -0.2) is 4.98 Å². The number of hydrogen-bond donors (Lipinski definition) is 2. The summed E-state index contributed by atoms with van der Waals surface area (Å²) in [5, 5.41) is 7.28. The Morgan fingerprint density at radius 2 is 1.89 bits per heavy atom. The molecule has 7 nitrogen and oxygen atoms in total. The molecule has 182 valence electrons. The first-order valence-corrected chi connectivity index (χ1v) is 12.0. The zero-order valence-electron chi connectivity index (χ0n) is 18.5. The smallest absolute Gasteiger partial charge is 0.365 e. The van der Waals surface area contributed by atoms with Crippen LogP contribution in [0.1, 0.15) is 33.2 Å². The Hall–Kier alpha value is -3.25. The Labute approximate surface area is 210 Å². The van der Waals surface area contributed by atoms with Crippen molar-refractivity contribution in [3.05, 3.63) is 62.8 Å². The lowest BCUT2D eigenvalue weighted by atomic mass is 10.0. The van der Waals surface area contributed by atoms with Gasteiger partial charge in [0.15, 0.2) is 0 Å². The minimum atomic E-state index is -4.70. The van der Waals surface area contributed by atoms with Crippen LogP contribution in [0, 0.1) is 13.8 Å². The number of aryl methyl sites for hydroxylation is 2. The molecule has 0 bridgehead atoms. The average Bonchev–Trinajstić information content (AvgIpc) is 3.29. The van der Waals surface area contributed by atoms with E-state index in [1.165, 1.54) is 0 Å². The average molecular weight is 566 g/mol. The zero-order valence-corrected chi connectivity index (χ0v) is 20.9. The van der Waals surface area contributed by atoms with Gasteiger partial charge >= 0.3 is 6.18 Å². The fourth-order valence-electron chi connectivity index (χ4n) is 3.68. The first-order valence-electron chi connectivity index (χ1n) is 10.4. The number of nitrogens with two attached hydrogens (primary N) is 1. The normalized spacial score (nSPS) is 11.7. The van der Waals surface area contributed by atoms with Gasteiger partial charge in [0.2, 0.25) is 5.91 Å². The molecule has 0 radical (unpaired) electrons.